The summed E-state index contributed by atoms with van der Waals surface area (Å²) >= 11 is 0. The number of fused-ring (bicyclic) bond motifs is 5. The average Bonchev–Trinajstić information content (AvgIpc) is 2.98. The standard InChI is InChI=1S/C36H22N2/c1-38-32-16-10-26(11-17-32)3-7-28-13-19-34-31(23-28)15-21-35-33-18-12-27(22-30(33)14-20-36(34)35)6-2-25-4-8-29(24-37)9-5-25/h2-23H. The van der Waals surface area contributed by atoms with E-state index in [1.165, 1.54) is 32.3 Å². The van der Waals surface area contributed by atoms with Crippen molar-refractivity contribution in [1.29, 1.82) is 5.26 Å². The van der Waals surface area contributed by atoms with Crippen molar-refractivity contribution in [1.82, 2.24) is 0 Å². The van der Waals surface area contributed by atoms with Gasteiger partial charge in [0, 0.05) is 0 Å². The molecule has 0 N–H and O–H groups in total. The van der Waals surface area contributed by atoms with Crippen molar-refractivity contribution in [3.63, 3.8) is 0 Å². The monoisotopic (exact) mass is 482 g/mol. The summed E-state index contributed by atoms with van der Waals surface area (Å²) in [7, 11) is 0. The molecule has 2 nitrogen and oxygen atoms in total. The largest absolute Gasteiger partial charge is 0.238 e. The second kappa shape index (κ2) is 9.90. The van der Waals surface area contributed by atoms with Gasteiger partial charge < -0.3 is 0 Å². The lowest BCUT2D eigenvalue weighted by Crippen LogP contribution is -1.83. The Morgan fingerprint density at radius 3 is 1.39 bits per heavy atom. The van der Waals surface area contributed by atoms with Gasteiger partial charge in [-0.15, -0.1) is 0 Å². The second-order valence-electron chi connectivity index (χ2n) is 9.29. The minimum Gasteiger partial charge on any atom is -0.238 e. The summed E-state index contributed by atoms with van der Waals surface area (Å²) in [6.07, 6.45) is 8.38. The molecule has 6 rings (SSSR count). The average molecular weight is 483 g/mol. The van der Waals surface area contributed by atoms with E-state index >= 15 is 0 Å². The first kappa shape index (κ1) is 23.0. The minimum absolute atomic E-state index is 0.656. The van der Waals surface area contributed by atoms with E-state index in [2.05, 4.69) is 95.9 Å². The molecular weight excluding hydrogens is 460 g/mol. The molecule has 6 aromatic rings. The van der Waals surface area contributed by atoms with Gasteiger partial charge in [-0.05, 0) is 78.8 Å². The van der Waals surface area contributed by atoms with Gasteiger partial charge >= 0.3 is 0 Å². The third kappa shape index (κ3) is 4.56. The molecule has 0 atom stereocenters. The molecule has 0 radical (unpaired) electrons. The summed E-state index contributed by atoms with van der Waals surface area (Å²) in [6, 6.07) is 39.4. The maximum atomic E-state index is 8.98. The molecule has 0 heterocycles. The van der Waals surface area contributed by atoms with Crippen LogP contribution in [0, 0.1) is 17.9 Å². The lowest BCUT2D eigenvalue weighted by atomic mass is 9.95. The Labute approximate surface area is 221 Å². The van der Waals surface area contributed by atoms with E-state index in [4.69, 9.17) is 11.8 Å². The second-order valence-corrected chi connectivity index (χ2v) is 9.29. The van der Waals surface area contributed by atoms with Gasteiger partial charge in [-0.1, -0.05) is 109 Å². The highest BCUT2D eigenvalue weighted by Gasteiger charge is 2.06. The van der Waals surface area contributed by atoms with E-state index < -0.39 is 0 Å². The van der Waals surface area contributed by atoms with Gasteiger partial charge in [0.2, 0.25) is 0 Å². The van der Waals surface area contributed by atoms with Gasteiger partial charge in [-0.2, -0.15) is 5.26 Å². The van der Waals surface area contributed by atoms with Gasteiger partial charge in [0.15, 0.2) is 5.69 Å². The van der Waals surface area contributed by atoms with E-state index in [9.17, 15) is 0 Å². The highest BCUT2D eigenvalue weighted by Crippen LogP contribution is 2.32. The van der Waals surface area contributed by atoms with Crippen LogP contribution in [0.15, 0.2) is 109 Å². The van der Waals surface area contributed by atoms with Crippen molar-refractivity contribution in [3.8, 4) is 6.07 Å². The number of rotatable bonds is 4. The molecule has 0 aromatic heterocycles. The van der Waals surface area contributed by atoms with Gasteiger partial charge in [0.25, 0.3) is 0 Å². The number of hydrogen-bond acceptors (Lipinski definition) is 1. The predicted octanol–water partition coefficient (Wildman–Crippen LogP) is 9.91. The van der Waals surface area contributed by atoms with Crippen molar-refractivity contribution in [2.75, 3.05) is 0 Å². The van der Waals surface area contributed by atoms with Crippen LogP contribution in [-0.2, 0) is 0 Å². The maximum absolute atomic E-state index is 8.98. The molecule has 0 aliphatic heterocycles. The van der Waals surface area contributed by atoms with Gasteiger partial charge in [0.05, 0.1) is 18.2 Å². The number of benzene rings is 6. The number of hydrogen-bond donors (Lipinski definition) is 0. The van der Waals surface area contributed by atoms with E-state index in [1.807, 2.05) is 48.5 Å². The van der Waals surface area contributed by atoms with Crippen LogP contribution in [0.3, 0.4) is 0 Å². The molecule has 0 saturated heterocycles. The zero-order chi connectivity index (χ0) is 25.9. The molecule has 0 fully saturated rings. The van der Waals surface area contributed by atoms with Crippen molar-refractivity contribution >= 4 is 62.3 Å². The summed E-state index contributed by atoms with van der Waals surface area (Å²) in [4.78, 5) is 3.45. The Morgan fingerprint density at radius 1 is 0.500 bits per heavy atom. The molecule has 0 bridgehead atoms. The van der Waals surface area contributed by atoms with Crippen molar-refractivity contribution < 1.29 is 0 Å². The fourth-order valence-corrected chi connectivity index (χ4v) is 4.85. The van der Waals surface area contributed by atoms with Crippen molar-refractivity contribution in [2.45, 2.75) is 0 Å². The lowest BCUT2D eigenvalue weighted by molar-refractivity contribution is 1.48. The topological polar surface area (TPSA) is 28.1 Å². The summed E-state index contributed by atoms with van der Waals surface area (Å²) < 4.78 is 0. The molecule has 0 aliphatic carbocycles. The van der Waals surface area contributed by atoms with E-state index in [-0.39, 0.29) is 0 Å². The third-order valence-electron chi connectivity index (χ3n) is 6.88. The van der Waals surface area contributed by atoms with Crippen LogP contribution in [0.5, 0.6) is 0 Å². The fraction of sp³-hybridized carbons (Fsp3) is 0. The van der Waals surface area contributed by atoms with E-state index in [0.717, 1.165) is 22.3 Å². The fourth-order valence-electron chi connectivity index (χ4n) is 4.85. The Morgan fingerprint density at radius 2 is 0.921 bits per heavy atom. The van der Waals surface area contributed by atoms with Crippen LogP contribution in [0.2, 0.25) is 0 Å². The summed E-state index contributed by atoms with van der Waals surface area (Å²) in [5.41, 5.74) is 5.76. The Hall–Kier alpha value is -5.44. The van der Waals surface area contributed by atoms with E-state index in [0.29, 0.717) is 11.3 Å². The minimum atomic E-state index is 0.656. The molecule has 38 heavy (non-hydrogen) atoms. The predicted molar refractivity (Wildman–Crippen MR) is 161 cm³/mol. The highest BCUT2D eigenvalue weighted by atomic mass is 14.6. The molecule has 2 heteroatoms. The molecule has 0 spiro atoms. The Balaban J connectivity index is 1.30. The smallest absolute Gasteiger partial charge is 0.187 e. The van der Waals surface area contributed by atoms with Crippen LogP contribution < -0.4 is 0 Å². The summed E-state index contributed by atoms with van der Waals surface area (Å²) in [5.74, 6) is 0. The summed E-state index contributed by atoms with van der Waals surface area (Å²) in [5, 5.41) is 16.4. The Kier molecular flexibility index (Phi) is 5.99. The van der Waals surface area contributed by atoms with Crippen LogP contribution >= 0.6 is 0 Å². The zero-order valence-electron chi connectivity index (χ0n) is 20.6. The summed E-state index contributed by atoms with van der Waals surface area (Å²) in [6.45, 7) is 7.09. The molecule has 0 aliphatic rings. The molecule has 0 unspecified atom stereocenters. The normalized spacial score (nSPS) is 11.4. The zero-order valence-corrected chi connectivity index (χ0v) is 20.6. The van der Waals surface area contributed by atoms with Gasteiger partial charge in [-0.25, -0.2) is 4.85 Å². The first-order valence-electron chi connectivity index (χ1n) is 12.4. The quantitative estimate of drug-likeness (QED) is 0.140. The first-order chi connectivity index (χ1) is 18.7. The SMILES string of the molecule is [C-]#[N+]c1ccc(C=Cc2ccc3c(ccc4c5ccc(C=Cc6ccc(C#N)cc6)cc5ccc34)c2)cc1. The number of nitrogens with zero attached hydrogens (tertiary/aromatic N) is 2. The molecule has 0 amide bonds. The molecule has 176 valence electrons. The lowest BCUT2D eigenvalue weighted by Gasteiger charge is -2.09. The van der Waals surface area contributed by atoms with Crippen LogP contribution in [-0.4, -0.2) is 0 Å². The third-order valence-corrected chi connectivity index (χ3v) is 6.88. The molecule has 0 saturated carbocycles. The molecule has 6 aromatic carbocycles. The highest BCUT2D eigenvalue weighted by molar-refractivity contribution is 6.17. The van der Waals surface area contributed by atoms with Crippen molar-refractivity contribution in [2.24, 2.45) is 0 Å². The van der Waals surface area contributed by atoms with Crippen molar-refractivity contribution in [3.05, 3.63) is 148 Å². The van der Waals surface area contributed by atoms with Gasteiger partial charge in [-0.3, -0.25) is 0 Å². The maximum Gasteiger partial charge on any atom is 0.187 e. The number of nitriles is 1. The van der Waals surface area contributed by atoms with Gasteiger partial charge in [0.1, 0.15) is 0 Å². The first-order valence-corrected chi connectivity index (χ1v) is 12.4. The molecular formula is C36H22N2. The van der Waals surface area contributed by atoms with Crippen LogP contribution in [0.25, 0.3) is 61.5 Å². The van der Waals surface area contributed by atoms with E-state index in [1.54, 1.807) is 0 Å². The Bertz CT molecular complexity index is 1810. The van der Waals surface area contributed by atoms with Crippen LogP contribution in [0.1, 0.15) is 27.8 Å². The van der Waals surface area contributed by atoms with Crippen LogP contribution in [0.4, 0.5) is 5.69 Å².